The van der Waals surface area contributed by atoms with E-state index in [4.69, 9.17) is 0 Å². The minimum absolute atomic E-state index is 0.156. The maximum atomic E-state index is 11.5. The number of nitrogens with zero attached hydrogens (tertiary/aromatic N) is 4. The highest BCUT2D eigenvalue weighted by Crippen LogP contribution is 2.23. The fraction of sp³-hybridized carbons (Fsp3) is 0.125. The molecule has 0 radical (unpaired) electrons. The highest BCUT2D eigenvalue weighted by molar-refractivity contribution is 5.91. The van der Waals surface area contributed by atoms with E-state index >= 15 is 0 Å². The van der Waals surface area contributed by atoms with Gasteiger partial charge < -0.3 is 5.21 Å². The smallest absolute Gasteiger partial charge is 0.244 e. The van der Waals surface area contributed by atoms with Gasteiger partial charge in [0.05, 0.1) is 17.9 Å². The van der Waals surface area contributed by atoms with Gasteiger partial charge in [0.2, 0.25) is 11.8 Å². The molecule has 2 heterocycles. The van der Waals surface area contributed by atoms with Crippen LogP contribution in [0.4, 0.5) is 0 Å². The van der Waals surface area contributed by atoms with Crippen LogP contribution in [-0.4, -0.2) is 31.5 Å². The molecule has 0 fully saturated rings. The van der Waals surface area contributed by atoms with Crippen LogP contribution in [0.15, 0.2) is 47.7 Å². The van der Waals surface area contributed by atoms with Crippen molar-refractivity contribution in [3.63, 3.8) is 0 Å². The Morgan fingerprint density at radius 2 is 1.87 bits per heavy atom. The van der Waals surface area contributed by atoms with Crippen molar-refractivity contribution in [1.82, 2.24) is 14.5 Å². The quantitative estimate of drug-likeness (QED) is 0.695. The van der Waals surface area contributed by atoms with Gasteiger partial charge >= 0.3 is 0 Å². The van der Waals surface area contributed by atoms with Crippen LogP contribution in [-0.2, 0) is 4.79 Å². The molecule has 116 valence electrons. The first-order chi connectivity index (χ1) is 11.0. The van der Waals surface area contributed by atoms with E-state index in [1.54, 1.807) is 24.4 Å². The van der Waals surface area contributed by atoms with Crippen molar-refractivity contribution in [3.8, 4) is 11.1 Å². The Balaban J connectivity index is 2.09. The second-order valence-corrected chi connectivity index (χ2v) is 5.10. The number of hydrogen-bond donors (Lipinski definition) is 1. The van der Waals surface area contributed by atoms with Crippen molar-refractivity contribution in [1.29, 1.82) is 0 Å². The van der Waals surface area contributed by atoms with Crippen LogP contribution in [0, 0.1) is 0 Å². The number of aromatic nitrogens is 3. The number of rotatable bonds is 1. The third-order valence-electron chi connectivity index (χ3n) is 3.38. The molecule has 0 bridgehead atoms. The van der Waals surface area contributed by atoms with Gasteiger partial charge in [-0.05, 0) is 29.8 Å². The molecule has 23 heavy (non-hydrogen) atoms. The Bertz CT molecular complexity index is 998. The maximum Gasteiger partial charge on any atom is 0.244 e. The molecule has 7 heteroatoms. The first kappa shape index (κ1) is 14.7. The SMILES string of the molecule is CC(=O)N=c1ccc(-c2ccc3c(cnn3C(C)=O)c2)cn1O. The van der Waals surface area contributed by atoms with E-state index in [1.807, 2.05) is 12.1 Å². The van der Waals surface area contributed by atoms with Gasteiger partial charge in [-0.1, -0.05) is 6.07 Å². The number of fused-ring (bicyclic) bond motifs is 1. The molecule has 0 spiro atoms. The zero-order valence-corrected chi connectivity index (χ0v) is 12.6. The summed E-state index contributed by atoms with van der Waals surface area (Å²) in [4.78, 5) is 26.2. The third-order valence-corrected chi connectivity index (χ3v) is 3.38. The second kappa shape index (κ2) is 5.53. The summed E-state index contributed by atoms with van der Waals surface area (Å²) in [6.45, 7) is 2.76. The topological polar surface area (TPSA) is 89.5 Å². The van der Waals surface area contributed by atoms with Gasteiger partial charge in [-0.3, -0.25) is 9.59 Å². The predicted octanol–water partition coefficient (Wildman–Crippen LogP) is 1.85. The molecule has 0 atom stereocenters. The summed E-state index contributed by atoms with van der Waals surface area (Å²) in [5.74, 6) is -0.547. The molecule has 0 saturated heterocycles. The predicted molar refractivity (Wildman–Crippen MR) is 82.9 cm³/mol. The standard InChI is InChI=1S/C16H14N4O3/c1-10(21)18-16-6-4-13(9-19(16)23)12-3-5-15-14(7-12)8-17-20(15)11(2)22/h3-9,23H,1-2H3. The Kier molecular flexibility index (Phi) is 3.53. The third kappa shape index (κ3) is 2.76. The van der Waals surface area contributed by atoms with Crippen molar-refractivity contribution < 1.29 is 14.8 Å². The number of carbonyl (C=O) groups excluding carboxylic acids is 2. The molecular weight excluding hydrogens is 296 g/mol. The van der Waals surface area contributed by atoms with Crippen LogP contribution < -0.4 is 5.49 Å². The van der Waals surface area contributed by atoms with Gasteiger partial charge in [-0.2, -0.15) is 14.8 Å². The number of pyridine rings is 1. The summed E-state index contributed by atoms with van der Waals surface area (Å²) in [7, 11) is 0. The lowest BCUT2D eigenvalue weighted by molar-refractivity contribution is -0.116. The van der Waals surface area contributed by atoms with Gasteiger partial charge in [0.25, 0.3) is 0 Å². The average Bonchev–Trinajstić information content (AvgIpc) is 2.92. The van der Waals surface area contributed by atoms with Crippen molar-refractivity contribution in [2.45, 2.75) is 13.8 Å². The van der Waals surface area contributed by atoms with Crippen molar-refractivity contribution >= 4 is 22.7 Å². The van der Waals surface area contributed by atoms with E-state index in [2.05, 4.69) is 10.1 Å². The fourth-order valence-corrected chi connectivity index (χ4v) is 2.37. The van der Waals surface area contributed by atoms with Crippen molar-refractivity contribution in [3.05, 3.63) is 48.2 Å². The van der Waals surface area contributed by atoms with Gasteiger partial charge in [0.1, 0.15) is 0 Å². The van der Waals surface area contributed by atoms with Gasteiger partial charge in [0.15, 0.2) is 5.49 Å². The summed E-state index contributed by atoms with van der Waals surface area (Å²) >= 11 is 0. The summed E-state index contributed by atoms with van der Waals surface area (Å²) in [5.41, 5.74) is 2.47. The van der Waals surface area contributed by atoms with E-state index in [9.17, 15) is 14.8 Å². The zero-order chi connectivity index (χ0) is 16.6. The second-order valence-electron chi connectivity index (χ2n) is 5.10. The molecule has 1 N–H and O–H groups in total. The lowest BCUT2D eigenvalue weighted by Crippen LogP contribution is -2.19. The molecule has 0 saturated carbocycles. The monoisotopic (exact) mass is 310 g/mol. The number of hydrogen-bond acceptors (Lipinski definition) is 4. The minimum Gasteiger partial charge on any atom is -0.427 e. The van der Waals surface area contributed by atoms with Crippen LogP contribution in [0.25, 0.3) is 22.0 Å². The molecule has 1 amide bonds. The maximum absolute atomic E-state index is 11.5. The average molecular weight is 310 g/mol. The first-order valence-electron chi connectivity index (χ1n) is 6.92. The van der Waals surface area contributed by atoms with Crippen molar-refractivity contribution in [2.24, 2.45) is 4.99 Å². The largest absolute Gasteiger partial charge is 0.427 e. The molecule has 0 aliphatic rings. The lowest BCUT2D eigenvalue weighted by atomic mass is 10.1. The molecule has 3 rings (SSSR count). The summed E-state index contributed by atoms with van der Waals surface area (Å²) in [6, 6.07) is 8.82. The number of amides is 1. The molecule has 1 aromatic carbocycles. The summed E-state index contributed by atoms with van der Waals surface area (Å²) in [6.07, 6.45) is 3.09. The van der Waals surface area contributed by atoms with E-state index in [0.29, 0.717) is 0 Å². The number of benzene rings is 1. The first-order valence-corrected chi connectivity index (χ1v) is 6.92. The van der Waals surface area contributed by atoms with Crippen LogP contribution in [0.5, 0.6) is 0 Å². The Morgan fingerprint density at radius 3 is 2.52 bits per heavy atom. The van der Waals surface area contributed by atoms with Crippen molar-refractivity contribution in [2.75, 3.05) is 0 Å². The van der Waals surface area contributed by atoms with Crippen LogP contribution in [0.2, 0.25) is 0 Å². The highest BCUT2D eigenvalue weighted by atomic mass is 16.5. The minimum atomic E-state index is -0.390. The Hall–Kier alpha value is -3.22. The lowest BCUT2D eigenvalue weighted by Gasteiger charge is -2.05. The van der Waals surface area contributed by atoms with Gasteiger partial charge in [-0.15, -0.1) is 0 Å². The van der Waals surface area contributed by atoms with Gasteiger partial charge in [0, 0.05) is 24.8 Å². The zero-order valence-electron chi connectivity index (χ0n) is 12.6. The number of carbonyl (C=O) groups is 2. The Labute approximate surface area is 131 Å². The normalized spacial score (nSPS) is 11.8. The molecule has 0 aliphatic carbocycles. The van der Waals surface area contributed by atoms with E-state index < -0.39 is 5.91 Å². The van der Waals surface area contributed by atoms with E-state index in [0.717, 1.165) is 26.8 Å². The highest BCUT2D eigenvalue weighted by Gasteiger charge is 2.08. The van der Waals surface area contributed by atoms with E-state index in [1.165, 1.54) is 24.7 Å². The van der Waals surface area contributed by atoms with Crippen LogP contribution in [0.1, 0.15) is 18.6 Å². The summed E-state index contributed by atoms with van der Waals surface area (Å²) in [5, 5.41) is 14.8. The molecule has 2 aromatic heterocycles. The Morgan fingerprint density at radius 1 is 1.13 bits per heavy atom. The molecule has 3 aromatic rings. The molecule has 0 aliphatic heterocycles. The molecule has 0 unspecified atom stereocenters. The molecule has 7 nitrogen and oxygen atoms in total. The fourth-order valence-electron chi connectivity index (χ4n) is 2.37. The van der Waals surface area contributed by atoms with Crippen LogP contribution in [0.3, 0.4) is 0 Å². The molecular formula is C16H14N4O3. The summed E-state index contributed by atoms with van der Waals surface area (Å²) < 4.78 is 2.14. The van der Waals surface area contributed by atoms with Crippen LogP contribution >= 0.6 is 0 Å². The van der Waals surface area contributed by atoms with Gasteiger partial charge in [-0.25, -0.2) is 4.68 Å². The van der Waals surface area contributed by atoms with E-state index in [-0.39, 0.29) is 11.4 Å².